The molecular formula is C20H16N2O5. The normalized spacial score (nSPS) is 11.0. The van der Waals surface area contributed by atoms with E-state index in [9.17, 15) is 20.0 Å². The third-order valence-corrected chi connectivity index (χ3v) is 4.11. The second-order valence-corrected chi connectivity index (χ2v) is 6.02. The van der Waals surface area contributed by atoms with Gasteiger partial charge in [-0.25, -0.2) is 4.79 Å². The standard InChI is InChI=1S/C20H16N2O5/c1-12-3-5-14(9-17(12)20(23)24)19-8-7-16(27-19)11-21-15-6-4-13(2)18(10-15)22(25)26/h3-11H,1-2H3,(H,23,24). The molecule has 0 aliphatic carbocycles. The average molecular weight is 364 g/mol. The molecule has 7 nitrogen and oxygen atoms in total. The fourth-order valence-electron chi connectivity index (χ4n) is 2.60. The van der Waals surface area contributed by atoms with Crippen LogP contribution in [0.25, 0.3) is 11.3 Å². The van der Waals surface area contributed by atoms with Crippen molar-refractivity contribution in [3.63, 3.8) is 0 Å². The minimum Gasteiger partial charge on any atom is -0.478 e. The van der Waals surface area contributed by atoms with Gasteiger partial charge in [-0.2, -0.15) is 0 Å². The van der Waals surface area contributed by atoms with E-state index in [0.29, 0.717) is 33.9 Å². The summed E-state index contributed by atoms with van der Waals surface area (Å²) >= 11 is 0. The lowest BCUT2D eigenvalue weighted by Gasteiger charge is -2.03. The van der Waals surface area contributed by atoms with Crippen molar-refractivity contribution in [3.8, 4) is 11.3 Å². The van der Waals surface area contributed by atoms with Gasteiger partial charge in [-0.1, -0.05) is 18.2 Å². The number of nitrogens with zero attached hydrogens (tertiary/aromatic N) is 2. The first kappa shape index (κ1) is 18.1. The van der Waals surface area contributed by atoms with Crippen molar-refractivity contribution < 1.29 is 19.2 Å². The zero-order valence-corrected chi connectivity index (χ0v) is 14.7. The number of carbonyl (C=O) groups is 1. The van der Waals surface area contributed by atoms with Crippen molar-refractivity contribution in [1.29, 1.82) is 0 Å². The van der Waals surface area contributed by atoms with Crippen molar-refractivity contribution in [2.75, 3.05) is 0 Å². The molecule has 1 aromatic heterocycles. The summed E-state index contributed by atoms with van der Waals surface area (Å²) in [5.41, 5.74) is 2.53. The first-order chi connectivity index (χ1) is 12.8. The summed E-state index contributed by atoms with van der Waals surface area (Å²) in [6.45, 7) is 3.39. The number of nitro benzene ring substituents is 1. The zero-order chi connectivity index (χ0) is 19.6. The van der Waals surface area contributed by atoms with E-state index in [1.807, 2.05) is 0 Å². The second-order valence-electron chi connectivity index (χ2n) is 6.02. The quantitative estimate of drug-likeness (QED) is 0.393. The summed E-state index contributed by atoms with van der Waals surface area (Å²) in [5.74, 6) is -0.0387. The number of carboxylic acid groups (broad SMARTS) is 1. The Morgan fingerprint density at radius 1 is 1.11 bits per heavy atom. The van der Waals surface area contributed by atoms with E-state index in [4.69, 9.17) is 4.42 Å². The predicted molar refractivity (Wildman–Crippen MR) is 101 cm³/mol. The Morgan fingerprint density at radius 2 is 1.85 bits per heavy atom. The topological polar surface area (TPSA) is 106 Å². The van der Waals surface area contributed by atoms with Crippen molar-refractivity contribution in [1.82, 2.24) is 0 Å². The highest BCUT2D eigenvalue weighted by Crippen LogP contribution is 2.26. The number of aliphatic imine (C=N–C) groups is 1. The number of carboxylic acids is 1. The Morgan fingerprint density at radius 3 is 2.56 bits per heavy atom. The van der Waals surface area contributed by atoms with E-state index in [-0.39, 0.29) is 11.3 Å². The maximum atomic E-state index is 11.3. The predicted octanol–water partition coefficient (Wildman–Crippen LogP) is 4.92. The van der Waals surface area contributed by atoms with Gasteiger partial charge in [-0.3, -0.25) is 15.1 Å². The van der Waals surface area contributed by atoms with Gasteiger partial charge in [0.2, 0.25) is 0 Å². The number of aryl methyl sites for hydroxylation is 2. The molecule has 0 atom stereocenters. The van der Waals surface area contributed by atoms with Gasteiger partial charge in [-0.15, -0.1) is 0 Å². The van der Waals surface area contributed by atoms with E-state index < -0.39 is 10.9 Å². The Labute approximate surface area is 154 Å². The van der Waals surface area contributed by atoms with Crippen LogP contribution in [0.2, 0.25) is 0 Å². The maximum absolute atomic E-state index is 11.3. The lowest BCUT2D eigenvalue weighted by molar-refractivity contribution is -0.385. The number of hydrogen-bond donors (Lipinski definition) is 1. The maximum Gasteiger partial charge on any atom is 0.335 e. The molecule has 0 spiro atoms. The molecule has 0 fully saturated rings. The lowest BCUT2D eigenvalue weighted by Crippen LogP contribution is -1.99. The third kappa shape index (κ3) is 3.92. The Kier molecular flexibility index (Phi) is 4.85. The first-order valence-electron chi connectivity index (χ1n) is 8.08. The summed E-state index contributed by atoms with van der Waals surface area (Å²) in [6, 6.07) is 13.2. The molecular weight excluding hydrogens is 348 g/mol. The molecule has 0 amide bonds. The van der Waals surface area contributed by atoms with Crippen LogP contribution in [-0.2, 0) is 0 Å². The second kappa shape index (κ2) is 7.25. The molecule has 0 saturated carbocycles. The fraction of sp³-hybridized carbons (Fsp3) is 0.100. The Bertz CT molecular complexity index is 1070. The van der Waals surface area contributed by atoms with Gasteiger partial charge in [0, 0.05) is 17.2 Å². The molecule has 0 bridgehead atoms. The van der Waals surface area contributed by atoms with Crippen molar-refractivity contribution in [2.45, 2.75) is 13.8 Å². The van der Waals surface area contributed by atoms with Crippen LogP contribution in [0.5, 0.6) is 0 Å². The molecule has 136 valence electrons. The smallest absolute Gasteiger partial charge is 0.335 e. The van der Waals surface area contributed by atoms with Crippen molar-refractivity contribution >= 4 is 23.6 Å². The van der Waals surface area contributed by atoms with Crippen LogP contribution in [0.3, 0.4) is 0 Å². The monoisotopic (exact) mass is 364 g/mol. The number of hydrogen-bond acceptors (Lipinski definition) is 5. The van der Waals surface area contributed by atoms with Crippen LogP contribution in [-0.4, -0.2) is 22.2 Å². The van der Waals surface area contributed by atoms with E-state index in [1.54, 1.807) is 56.3 Å². The SMILES string of the molecule is Cc1ccc(-c2ccc(C=Nc3ccc(C)c([N+](=O)[O-])c3)o2)cc1C(=O)O. The molecule has 1 N–H and O–H groups in total. The van der Waals surface area contributed by atoms with Gasteiger partial charge in [-0.05, 0) is 43.7 Å². The Hall–Kier alpha value is -3.74. The molecule has 0 saturated heterocycles. The number of aromatic carboxylic acids is 1. The lowest BCUT2D eigenvalue weighted by atomic mass is 10.0. The van der Waals surface area contributed by atoms with Crippen molar-refractivity contribution in [2.24, 2.45) is 4.99 Å². The minimum atomic E-state index is -0.997. The molecule has 27 heavy (non-hydrogen) atoms. The summed E-state index contributed by atoms with van der Waals surface area (Å²) in [7, 11) is 0. The molecule has 1 heterocycles. The van der Waals surface area contributed by atoms with Crippen LogP contribution in [0, 0.1) is 24.0 Å². The summed E-state index contributed by atoms with van der Waals surface area (Å²) in [5, 5.41) is 20.2. The molecule has 0 aliphatic rings. The Balaban J connectivity index is 1.86. The molecule has 0 unspecified atom stereocenters. The van der Waals surface area contributed by atoms with E-state index in [2.05, 4.69) is 4.99 Å². The van der Waals surface area contributed by atoms with Crippen LogP contribution in [0.4, 0.5) is 11.4 Å². The molecule has 3 aromatic rings. The highest BCUT2D eigenvalue weighted by molar-refractivity contribution is 5.91. The third-order valence-electron chi connectivity index (χ3n) is 4.11. The van der Waals surface area contributed by atoms with Gasteiger partial charge in [0.15, 0.2) is 0 Å². The van der Waals surface area contributed by atoms with E-state index in [0.717, 1.165) is 0 Å². The van der Waals surface area contributed by atoms with Crippen LogP contribution < -0.4 is 0 Å². The average Bonchev–Trinajstić information content (AvgIpc) is 3.10. The van der Waals surface area contributed by atoms with Crippen LogP contribution >= 0.6 is 0 Å². The number of rotatable bonds is 5. The summed E-state index contributed by atoms with van der Waals surface area (Å²) < 4.78 is 5.69. The molecule has 7 heteroatoms. The molecule has 3 rings (SSSR count). The van der Waals surface area contributed by atoms with Gasteiger partial charge >= 0.3 is 5.97 Å². The van der Waals surface area contributed by atoms with E-state index in [1.165, 1.54) is 12.3 Å². The molecule has 0 aliphatic heterocycles. The van der Waals surface area contributed by atoms with Crippen LogP contribution in [0.1, 0.15) is 27.2 Å². The van der Waals surface area contributed by atoms with Gasteiger partial charge in [0.25, 0.3) is 5.69 Å². The van der Waals surface area contributed by atoms with Crippen LogP contribution in [0.15, 0.2) is 57.9 Å². The molecule has 2 aromatic carbocycles. The highest BCUT2D eigenvalue weighted by Gasteiger charge is 2.12. The zero-order valence-electron chi connectivity index (χ0n) is 14.7. The minimum absolute atomic E-state index is 0.00522. The largest absolute Gasteiger partial charge is 0.478 e. The van der Waals surface area contributed by atoms with E-state index >= 15 is 0 Å². The first-order valence-corrected chi connectivity index (χ1v) is 8.08. The highest BCUT2D eigenvalue weighted by atomic mass is 16.6. The number of benzene rings is 2. The number of furan rings is 1. The summed E-state index contributed by atoms with van der Waals surface area (Å²) in [4.78, 5) is 26.0. The fourth-order valence-corrected chi connectivity index (χ4v) is 2.60. The number of nitro groups is 1. The van der Waals surface area contributed by atoms with Gasteiger partial charge < -0.3 is 9.52 Å². The summed E-state index contributed by atoms with van der Waals surface area (Å²) in [6.07, 6.45) is 1.46. The van der Waals surface area contributed by atoms with Gasteiger partial charge in [0.05, 0.1) is 22.4 Å². The molecule has 0 radical (unpaired) electrons. The van der Waals surface area contributed by atoms with Gasteiger partial charge in [0.1, 0.15) is 11.5 Å². The van der Waals surface area contributed by atoms with Crippen molar-refractivity contribution in [3.05, 3.63) is 81.1 Å².